The minimum Gasteiger partial charge on any atom is -0.492 e. The van der Waals surface area contributed by atoms with Gasteiger partial charge >= 0.3 is 5.97 Å². The predicted molar refractivity (Wildman–Crippen MR) is 76.0 cm³/mol. The first kappa shape index (κ1) is 13.9. The van der Waals surface area contributed by atoms with E-state index in [1.165, 1.54) is 0 Å². The molecule has 3 rings (SSSR count). The molecular formula is C16H19NO4. The standard InChI is InChI=1S/C16H19NO4/c1-2-20-16(19)13-7-5-9-17(13)15(18)12-10-21-14-8-4-3-6-11(12)14/h3-4,6,8,12-13H,2,5,7,9-10H2,1H3. The molecule has 0 bridgehead atoms. The van der Waals surface area contributed by atoms with Gasteiger partial charge in [0.25, 0.3) is 0 Å². The molecule has 0 aliphatic carbocycles. The molecule has 5 heteroatoms. The maximum atomic E-state index is 12.8. The Hall–Kier alpha value is -2.04. The van der Waals surface area contributed by atoms with Gasteiger partial charge in [-0.05, 0) is 25.8 Å². The highest BCUT2D eigenvalue weighted by Gasteiger charge is 2.40. The van der Waals surface area contributed by atoms with E-state index in [2.05, 4.69) is 0 Å². The molecule has 0 radical (unpaired) electrons. The van der Waals surface area contributed by atoms with Crippen LogP contribution in [0.15, 0.2) is 24.3 Å². The van der Waals surface area contributed by atoms with Gasteiger partial charge in [0.05, 0.1) is 6.61 Å². The van der Waals surface area contributed by atoms with Crippen molar-refractivity contribution in [1.82, 2.24) is 4.90 Å². The minimum absolute atomic E-state index is 0.0319. The molecule has 21 heavy (non-hydrogen) atoms. The summed E-state index contributed by atoms with van der Waals surface area (Å²) in [5.74, 6) is 0.130. The Balaban J connectivity index is 1.78. The maximum Gasteiger partial charge on any atom is 0.328 e. The number of para-hydroxylation sites is 1. The smallest absolute Gasteiger partial charge is 0.328 e. The highest BCUT2D eigenvalue weighted by Crippen LogP contribution is 2.36. The molecule has 112 valence electrons. The molecule has 1 amide bonds. The summed E-state index contributed by atoms with van der Waals surface area (Å²) in [5.41, 5.74) is 0.914. The zero-order chi connectivity index (χ0) is 14.8. The van der Waals surface area contributed by atoms with Gasteiger partial charge < -0.3 is 14.4 Å². The number of hydrogen-bond donors (Lipinski definition) is 0. The van der Waals surface area contributed by atoms with Crippen LogP contribution in [-0.4, -0.2) is 42.6 Å². The lowest BCUT2D eigenvalue weighted by Crippen LogP contribution is -2.44. The van der Waals surface area contributed by atoms with Crippen molar-refractivity contribution in [2.75, 3.05) is 19.8 Å². The van der Waals surface area contributed by atoms with Gasteiger partial charge in [-0.25, -0.2) is 4.79 Å². The van der Waals surface area contributed by atoms with E-state index >= 15 is 0 Å². The molecule has 1 aromatic rings. The fraction of sp³-hybridized carbons (Fsp3) is 0.500. The lowest BCUT2D eigenvalue weighted by molar-refractivity contribution is -0.153. The second kappa shape index (κ2) is 5.76. The van der Waals surface area contributed by atoms with Gasteiger partial charge in [-0.1, -0.05) is 18.2 Å². The number of nitrogens with zero attached hydrogens (tertiary/aromatic N) is 1. The number of rotatable bonds is 3. The van der Waals surface area contributed by atoms with Crippen molar-refractivity contribution in [2.24, 2.45) is 0 Å². The molecule has 2 heterocycles. The van der Waals surface area contributed by atoms with Crippen LogP contribution in [0.2, 0.25) is 0 Å². The van der Waals surface area contributed by atoms with Gasteiger partial charge in [0.2, 0.25) is 5.91 Å². The van der Waals surface area contributed by atoms with E-state index in [9.17, 15) is 9.59 Å². The average molecular weight is 289 g/mol. The fourth-order valence-corrected chi connectivity index (χ4v) is 3.08. The summed E-state index contributed by atoms with van der Waals surface area (Å²) in [4.78, 5) is 26.4. The van der Waals surface area contributed by atoms with Crippen LogP contribution in [0, 0.1) is 0 Å². The Bertz CT molecular complexity index is 557. The van der Waals surface area contributed by atoms with Gasteiger partial charge in [0.15, 0.2) is 0 Å². The quantitative estimate of drug-likeness (QED) is 0.795. The summed E-state index contributed by atoms with van der Waals surface area (Å²) in [7, 11) is 0. The largest absolute Gasteiger partial charge is 0.492 e. The van der Waals surface area contributed by atoms with E-state index < -0.39 is 6.04 Å². The number of hydrogen-bond acceptors (Lipinski definition) is 4. The summed E-state index contributed by atoms with van der Waals surface area (Å²) in [6.45, 7) is 3.08. The second-order valence-electron chi connectivity index (χ2n) is 5.34. The molecule has 2 aliphatic rings. The Kier molecular flexibility index (Phi) is 3.82. The Labute approximate surface area is 123 Å². The van der Waals surface area contributed by atoms with Crippen LogP contribution in [0.25, 0.3) is 0 Å². The number of carbonyl (C=O) groups is 2. The number of esters is 1. The maximum absolute atomic E-state index is 12.8. The number of ether oxygens (including phenoxy) is 2. The van der Waals surface area contributed by atoms with Gasteiger partial charge in [-0.15, -0.1) is 0 Å². The van der Waals surface area contributed by atoms with E-state index in [1.54, 1.807) is 11.8 Å². The minimum atomic E-state index is -0.440. The van der Waals surface area contributed by atoms with Gasteiger partial charge in [-0.2, -0.15) is 0 Å². The van der Waals surface area contributed by atoms with Crippen LogP contribution in [0.4, 0.5) is 0 Å². The molecule has 0 saturated carbocycles. The Morgan fingerprint density at radius 2 is 2.19 bits per heavy atom. The molecule has 2 aliphatic heterocycles. The average Bonchev–Trinajstić information content (AvgIpc) is 3.14. The van der Waals surface area contributed by atoms with Crippen molar-refractivity contribution >= 4 is 11.9 Å². The summed E-state index contributed by atoms with van der Waals surface area (Å²) in [6, 6.07) is 7.14. The highest BCUT2D eigenvalue weighted by molar-refractivity contribution is 5.90. The van der Waals surface area contributed by atoms with Crippen LogP contribution < -0.4 is 4.74 Å². The Morgan fingerprint density at radius 1 is 1.38 bits per heavy atom. The van der Waals surface area contributed by atoms with Crippen molar-refractivity contribution in [3.63, 3.8) is 0 Å². The second-order valence-corrected chi connectivity index (χ2v) is 5.34. The number of carbonyl (C=O) groups excluding carboxylic acids is 2. The molecule has 2 atom stereocenters. The Morgan fingerprint density at radius 3 is 3.00 bits per heavy atom. The zero-order valence-corrected chi connectivity index (χ0v) is 12.1. The monoisotopic (exact) mass is 289 g/mol. The molecule has 5 nitrogen and oxygen atoms in total. The first-order valence-corrected chi connectivity index (χ1v) is 7.41. The van der Waals surface area contributed by atoms with Crippen LogP contribution >= 0.6 is 0 Å². The third-order valence-corrected chi connectivity index (χ3v) is 4.09. The normalized spacial score (nSPS) is 23.6. The van der Waals surface area contributed by atoms with E-state index in [0.29, 0.717) is 26.2 Å². The fourth-order valence-electron chi connectivity index (χ4n) is 3.08. The first-order valence-electron chi connectivity index (χ1n) is 7.41. The molecule has 1 aromatic carbocycles. The van der Waals surface area contributed by atoms with Crippen molar-refractivity contribution in [2.45, 2.75) is 31.7 Å². The summed E-state index contributed by atoms with van der Waals surface area (Å²) in [6.07, 6.45) is 1.52. The van der Waals surface area contributed by atoms with Gasteiger partial charge in [0.1, 0.15) is 24.3 Å². The molecule has 0 spiro atoms. The van der Waals surface area contributed by atoms with E-state index in [-0.39, 0.29) is 17.8 Å². The molecule has 1 saturated heterocycles. The van der Waals surface area contributed by atoms with Crippen LogP contribution in [-0.2, 0) is 14.3 Å². The van der Waals surface area contributed by atoms with Crippen molar-refractivity contribution in [1.29, 1.82) is 0 Å². The number of amides is 1. The van der Waals surface area contributed by atoms with Crippen LogP contribution in [0.3, 0.4) is 0 Å². The SMILES string of the molecule is CCOC(=O)C1CCCN1C(=O)C1COc2ccccc21. The summed E-state index contributed by atoms with van der Waals surface area (Å²) in [5, 5.41) is 0. The number of benzene rings is 1. The highest BCUT2D eigenvalue weighted by atomic mass is 16.5. The van der Waals surface area contributed by atoms with Crippen molar-refractivity contribution < 1.29 is 19.1 Å². The predicted octanol–water partition coefficient (Wildman–Crippen LogP) is 1.72. The topological polar surface area (TPSA) is 55.8 Å². The van der Waals surface area contributed by atoms with Crippen molar-refractivity contribution in [3.05, 3.63) is 29.8 Å². The first-order chi connectivity index (χ1) is 10.2. The summed E-state index contributed by atoms with van der Waals surface area (Å²) >= 11 is 0. The van der Waals surface area contributed by atoms with Crippen molar-refractivity contribution in [3.8, 4) is 5.75 Å². The summed E-state index contributed by atoms with van der Waals surface area (Å²) < 4.78 is 10.6. The lowest BCUT2D eigenvalue weighted by atomic mass is 9.99. The molecule has 0 N–H and O–H groups in total. The van der Waals surface area contributed by atoms with E-state index in [4.69, 9.17) is 9.47 Å². The van der Waals surface area contributed by atoms with E-state index in [0.717, 1.165) is 17.7 Å². The lowest BCUT2D eigenvalue weighted by Gasteiger charge is -2.25. The zero-order valence-electron chi connectivity index (χ0n) is 12.1. The van der Waals surface area contributed by atoms with E-state index in [1.807, 2.05) is 24.3 Å². The third kappa shape index (κ3) is 2.48. The van der Waals surface area contributed by atoms with Gasteiger partial charge in [0, 0.05) is 12.1 Å². The molecule has 0 aromatic heterocycles. The number of likely N-dealkylation sites (tertiary alicyclic amines) is 1. The number of fused-ring (bicyclic) bond motifs is 1. The third-order valence-electron chi connectivity index (χ3n) is 4.09. The van der Waals surface area contributed by atoms with Crippen LogP contribution in [0.5, 0.6) is 5.75 Å². The van der Waals surface area contributed by atoms with Crippen LogP contribution in [0.1, 0.15) is 31.2 Å². The molecule has 1 fully saturated rings. The van der Waals surface area contributed by atoms with Gasteiger partial charge in [-0.3, -0.25) is 4.79 Å². The molecule has 2 unspecified atom stereocenters. The molecular weight excluding hydrogens is 270 g/mol.